The van der Waals surface area contributed by atoms with Crippen LogP contribution in [-0.2, 0) is 20.6 Å². The molecule has 1 heterocycles. The average molecular weight is 441 g/mol. The van der Waals surface area contributed by atoms with E-state index >= 15 is 0 Å². The second-order valence-corrected chi connectivity index (χ2v) is 10.1. The van der Waals surface area contributed by atoms with E-state index in [1.54, 1.807) is 12.1 Å². The molecular weight excluding hydrogens is 427 g/mol. The van der Waals surface area contributed by atoms with Gasteiger partial charge in [0.05, 0.1) is 22.8 Å². The molecule has 1 amide bonds. The monoisotopic (exact) mass is 440 g/mol. The largest absolute Gasteiger partial charge is 0.299 e. The fourth-order valence-corrected chi connectivity index (χ4v) is 3.95. The Morgan fingerprint density at radius 2 is 2.04 bits per heavy atom. The molecule has 0 aliphatic rings. The number of amides is 1. The van der Waals surface area contributed by atoms with Crippen LogP contribution >= 0.6 is 46.3 Å². The number of benzene rings is 1. The maximum absolute atomic E-state index is 11.8. The molecule has 0 atom stereocenters. The second-order valence-electron chi connectivity index (χ2n) is 4.98. The molecular formula is C13H14Cl2N4O3S3. The van der Waals surface area contributed by atoms with Crippen LogP contribution in [0.25, 0.3) is 0 Å². The minimum absolute atomic E-state index is 0.288. The summed E-state index contributed by atoms with van der Waals surface area (Å²) in [6, 6.07) is 5.37. The molecule has 0 radical (unpaired) electrons. The standard InChI is InChI=1S/C13H14Cl2N4O3S3/c1-19(25(2,21)22)6-11(20)16-12-17-18-13(24-12)23-7-8-3-4-9(14)10(15)5-8/h3-5H,6-7H2,1-2H3,(H,16,17,20). The second kappa shape index (κ2) is 8.65. The smallest absolute Gasteiger partial charge is 0.241 e. The quantitative estimate of drug-likeness (QED) is 0.525. The van der Waals surface area contributed by atoms with Crippen LogP contribution in [0.3, 0.4) is 0 Å². The maximum Gasteiger partial charge on any atom is 0.241 e. The van der Waals surface area contributed by atoms with Crippen LogP contribution in [-0.4, -0.2) is 48.7 Å². The maximum atomic E-state index is 11.8. The van der Waals surface area contributed by atoms with Crippen LogP contribution in [0.5, 0.6) is 0 Å². The van der Waals surface area contributed by atoms with Crippen molar-refractivity contribution in [1.29, 1.82) is 0 Å². The molecule has 12 heteroatoms. The Balaban J connectivity index is 1.89. The third-order valence-electron chi connectivity index (χ3n) is 2.93. The highest BCUT2D eigenvalue weighted by atomic mass is 35.5. The first-order chi connectivity index (χ1) is 11.6. The Morgan fingerprint density at radius 1 is 1.32 bits per heavy atom. The zero-order valence-electron chi connectivity index (χ0n) is 13.2. The molecule has 0 aliphatic carbocycles. The molecule has 1 aromatic carbocycles. The lowest BCUT2D eigenvalue weighted by Gasteiger charge is -2.12. The highest BCUT2D eigenvalue weighted by Crippen LogP contribution is 2.30. The van der Waals surface area contributed by atoms with Gasteiger partial charge in [0.1, 0.15) is 0 Å². The fourth-order valence-electron chi connectivity index (χ4n) is 1.57. The topological polar surface area (TPSA) is 92.3 Å². The Hall–Kier alpha value is -0.910. The van der Waals surface area contributed by atoms with Gasteiger partial charge in [0.2, 0.25) is 21.1 Å². The first-order valence-corrected chi connectivity index (χ1v) is 11.2. The molecule has 1 aromatic heterocycles. The van der Waals surface area contributed by atoms with Crippen LogP contribution in [0.1, 0.15) is 5.56 Å². The number of hydrogen-bond acceptors (Lipinski definition) is 7. The summed E-state index contributed by atoms with van der Waals surface area (Å²) in [6.07, 6.45) is 1.03. The van der Waals surface area contributed by atoms with Gasteiger partial charge in [0, 0.05) is 12.8 Å². The zero-order chi connectivity index (χ0) is 18.6. The van der Waals surface area contributed by atoms with Gasteiger partial charge in [-0.1, -0.05) is 52.4 Å². The molecule has 0 spiro atoms. The van der Waals surface area contributed by atoms with E-state index in [2.05, 4.69) is 15.5 Å². The van der Waals surface area contributed by atoms with Crippen molar-refractivity contribution in [3.63, 3.8) is 0 Å². The normalized spacial score (nSPS) is 11.7. The predicted octanol–water partition coefficient (Wildman–Crippen LogP) is 2.97. The lowest BCUT2D eigenvalue weighted by atomic mass is 10.2. The van der Waals surface area contributed by atoms with E-state index in [0.717, 1.165) is 16.1 Å². The van der Waals surface area contributed by atoms with Crippen molar-refractivity contribution in [2.75, 3.05) is 25.2 Å². The summed E-state index contributed by atoms with van der Waals surface area (Å²) in [5.74, 6) is 0.140. The molecule has 25 heavy (non-hydrogen) atoms. The van der Waals surface area contributed by atoms with Crippen LogP contribution in [0.2, 0.25) is 10.0 Å². The molecule has 0 fully saturated rings. The van der Waals surface area contributed by atoms with Crippen molar-refractivity contribution in [2.45, 2.75) is 10.1 Å². The SMILES string of the molecule is CN(CC(=O)Nc1nnc(SCc2ccc(Cl)c(Cl)c2)s1)S(C)(=O)=O. The van der Waals surface area contributed by atoms with Crippen LogP contribution in [0.4, 0.5) is 5.13 Å². The third-order valence-corrected chi connectivity index (χ3v) is 6.98. The van der Waals surface area contributed by atoms with E-state index in [9.17, 15) is 13.2 Å². The Kier molecular flexibility index (Phi) is 7.06. The number of anilines is 1. The lowest BCUT2D eigenvalue weighted by Crippen LogP contribution is -2.34. The van der Waals surface area contributed by atoms with Gasteiger partial charge in [0.15, 0.2) is 4.34 Å². The highest BCUT2D eigenvalue weighted by Gasteiger charge is 2.16. The summed E-state index contributed by atoms with van der Waals surface area (Å²) in [6.45, 7) is -0.288. The molecule has 0 bridgehead atoms. The number of rotatable bonds is 7. The van der Waals surface area contributed by atoms with Crippen molar-refractivity contribution in [1.82, 2.24) is 14.5 Å². The summed E-state index contributed by atoms with van der Waals surface area (Å²) in [4.78, 5) is 11.8. The minimum Gasteiger partial charge on any atom is -0.299 e. The van der Waals surface area contributed by atoms with E-state index < -0.39 is 15.9 Å². The molecule has 2 aromatic rings. The number of nitrogens with zero attached hydrogens (tertiary/aromatic N) is 3. The van der Waals surface area contributed by atoms with Crippen molar-refractivity contribution in [3.05, 3.63) is 33.8 Å². The van der Waals surface area contributed by atoms with Crippen molar-refractivity contribution >= 4 is 67.4 Å². The van der Waals surface area contributed by atoms with Crippen molar-refractivity contribution in [3.8, 4) is 0 Å². The van der Waals surface area contributed by atoms with E-state index in [1.807, 2.05) is 6.07 Å². The predicted molar refractivity (Wildman–Crippen MR) is 102 cm³/mol. The van der Waals surface area contributed by atoms with Gasteiger partial charge in [-0.05, 0) is 17.7 Å². The molecule has 136 valence electrons. The number of halogens is 2. The fraction of sp³-hybridized carbons (Fsp3) is 0.308. The molecule has 7 nitrogen and oxygen atoms in total. The van der Waals surface area contributed by atoms with Gasteiger partial charge in [0.25, 0.3) is 0 Å². The number of carbonyl (C=O) groups excluding carboxylic acids is 1. The number of sulfonamides is 1. The highest BCUT2D eigenvalue weighted by molar-refractivity contribution is 8.00. The molecule has 0 saturated carbocycles. The number of nitrogens with one attached hydrogen (secondary N) is 1. The van der Waals surface area contributed by atoms with E-state index in [4.69, 9.17) is 23.2 Å². The summed E-state index contributed by atoms with van der Waals surface area (Å²) in [7, 11) is -2.09. The van der Waals surface area contributed by atoms with Crippen LogP contribution in [0.15, 0.2) is 22.5 Å². The van der Waals surface area contributed by atoms with Crippen LogP contribution < -0.4 is 5.32 Å². The van der Waals surface area contributed by atoms with Gasteiger partial charge in [-0.2, -0.15) is 4.31 Å². The van der Waals surface area contributed by atoms with Gasteiger partial charge in [-0.3, -0.25) is 10.1 Å². The Labute approximate surface area is 163 Å². The van der Waals surface area contributed by atoms with E-state index in [0.29, 0.717) is 25.3 Å². The first kappa shape index (κ1) is 20.4. The number of thioether (sulfide) groups is 1. The zero-order valence-corrected chi connectivity index (χ0v) is 17.2. The summed E-state index contributed by atoms with van der Waals surface area (Å²) in [5.41, 5.74) is 0.981. The van der Waals surface area contributed by atoms with Crippen molar-refractivity contribution < 1.29 is 13.2 Å². The van der Waals surface area contributed by atoms with Gasteiger partial charge >= 0.3 is 0 Å². The summed E-state index contributed by atoms with van der Waals surface area (Å²) < 4.78 is 24.2. The number of likely N-dealkylation sites (N-methyl/N-ethyl adjacent to an activating group) is 1. The van der Waals surface area contributed by atoms with Gasteiger partial charge < -0.3 is 0 Å². The average Bonchev–Trinajstić information content (AvgIpc) is 2.94. The Morgan fingerprint density at radius 3 is 2.68 bits per heavy atom. The van der Waals surface area contributed by atoms with Gasteiger partial charge in [-0.25, -0.2) is 8.42 Å². The van der Waals surface area contributed by atoms with E-state index in [1.165, 1.54) is 30.1 Å². The number of aromatic nitrogens is 2. The van der Waals surface area contributed by atoms with Crippen molar-refractivity contribution in [2.24, 2.45) is 0 Å². The lowest BCUT2D eigenvalue weighted by molar-refractivity contribution is -0.116. The van der Waals surface area contributed by atoms with Crippen LogP contribution in [0, 0.1) is 0 Å². The Bertz CT molecular complexity index is 873. The first-order valence-electron chi connectivity index (χ1n) is 6.76. The minimum atomic E-state index is -3.42. The molecule has 0 aliphatic heterocycles. The molecule has 0 saturated heterocycles. The number of carbonyl (C=O) groups is 1. The molecule has 2 rings (SSSR count). The summed E-state index contributed by atoms with van der Waals surface area (Å²) in [5, 5.41) is 11.7. The third kappa shape index (κ3) is 6.39. The van der Waals surface area contributed by atoms with Gasteiger partial charge in [-0.15, -0.1) is 10.2 Å². The summed E-state index contributed by atoms with van der Waals surface area (Å²) >= 11 is 14.5. The molecule has 1 N–H and O–H groups in total. The number of hydrogen-bond donors (Lipinski definition) is 1. The molecule has 0 unspecified atom stereocenters. The van der Waals surface area contributed by atoms with E-state index in [-0.39, 0.29) is 6.54 Å².